The third-order valence-electron chi connectivity index (χ3n) is 5.69. The number of unbranched alkanes of at least 4 members (excludes halogenated alkanes) is 15. The van der Waals surface area contributed by atoms with E-state index < -0.39 is 21.5 Å². The summed E-state index contributed by atoms with van der Waals surface area (Å²) in [4.78, 5) is 0. The van der Waals surface area contributed by atoms with Crippen LogP contribution in [0.15, 0.2) is 0 Å². The zero-order valence-corrected chi connectivity index (χ0v) is 23.6. The SMILES string of the molecule is CCCCCCCCCCCCCCCCCCC(CCC(C)O)S(=O)(=O)[O-].[K+]. The van der Waals surface area contributed by atoms with Gasteiger partial charge in [0.1, 0.15) is 0 Å². The molecule has 0 aromatic rings. The summed E-state index contributed by atoms with van der Waals surface area (Å²) in [5.74, 6) is 0. The van der Waals surface area contributed by atoms with Crippen molar-refractivity contribution in [2.24, 2.45) is 0 Å². The minimum atomic E-state index is -4.24. The van der Waals surface area contributed by atoms with E-state index in [1.165, 1.54) is 83.5 Å². The zero-order chi connectivity index (χ0) is 21.1. The number of hydrogen-bond acceptors (Lipinski definition) is 4. The summed E-state index contributed by atoms with van der Waals surface area (Å²) in [6.45, 7) is 3.89. The third-order valence-corrected chi connectivity index (χ3v) is 6.98. The maximum absolute atomic E-state index is 11.3. The number of hydrogen-bond donors (Lipinski definition) is 1. The molecule has 170 valence electrons. The maximum Gasteiger partial charge on any atom is 1.00 e. The Kier molecular flexibility index (Phi) is 25.6. The average Bonchev–Trinajstić information content (AvgIpc) is 2.62. The van der Waals surface area contributed by atoms with E-state index in [1.54, 1.807) is 6.92 Å². The number of aliphatic hydroxyl groups is 1. The van der Waals surface area contributed by atoms with E-state index >= 15 is 0 Å². The molecule has 0 bridgehead atoms. The standard InChI is InChI=1S/C23H48O4S.K/c1-3-4-5-6-7-8-9-10-11-12-13-14-15-16-17-18-19-23(28(25,26)27)21-20-22(2)24;/h22-24H,3-21H2,1-2H3,(H,25,26,27);/q;+1/p-1. The van der Waals surface area contributed by atoms with Gasteiger partial charge in [0.2, 0.25) is 0 Å². The molecule has 0 heterocycles. The summed E-state index contributed by atoms with van der Waals surface area (Å²) in [5, 5.41) is 8.46. The molecule has 1 N–H and O–H groups in total. The molecular weight excluding hydrogens is 411 g/mol. The fraction of sp³-hybridized carbons (Fsp3) is 1.00. The summed E-state index contributed by atoms with van der Waals surface area (Å²) in [5.41, 5.74) is 0. The van der Waals surface area contributed by atoms with Crippen LogP contribution >= 0.6 is 0 Å². The molecule has 0 saturated carbocycles. The van der Waals surface area contributed by atoms with E-state index in [2.05, 4.69) is 6.92 Å². The van der Waals surface area contributed by atoms with Crippen LogP contribution in [0, 0.1) is 0 Å². The van der Waals surface area contributed by atoms with Crippen LogP contribution < -0.4 is 51.4 Å². The van der Waals surface area contributed by atoms with Crippen LogP contribution in [0.2, 0.25) is 0 Å². The zero-order valence-electron chi connectivity index (χ0n) is 19.7. The predicted octanol–water partition coefficient (Wildman–Crippen LogP) is 3.72. The van der Waals surface area contributed by atoms with Gasteiger partial charge in [0.15, 0.2) is 0 Å². The largest absolute Gasteiger partial charge is 1.00 e. The molecule has 0 aliphatic heterocycles. The van der Waals surface area contributed by atoms with Crippen LogP contribution in [0.4, 0.5) is 0 Å². The van der Waals surface area contributed by atoms with Gasteiger partial charge in [0.05, 0.1) is 16.2 Å². The Morgan fingerprint density at radius 2 is 1.00 bits per heavy atom. The first kappa shape index (κ1) is 32.7. The van der Waals surface area contributed by atoms with Crippen LogP contribution in [0.5, 0.6) is 0 Å². The van der Waals surface area contributed by atoms with Gasteiger partial charge >= 0.3 is 51.4 Å². The van der Waals surface area contributed by atoms with E-state index in [1.807, 2.05) is 0 Å². The number of aliphatic hydroxyl groups excluding tert-OH is 1. The summed E-state index contributed by atoms with van der Waals surface area (Å²) < 4.78 is 33.9. The van der Waals surface area contributed by atoms with E-state index in [0.29, 0.717) is 12.8 Å². The molecule has 0 aromatic carbocycles. The molecule has 0 spiro atoms. The molecule has 0 fully saturated rings. The maximum atomic E-state index is 11.3. The van der Waals surface area contributed by atoms with Crippen molar-refractivity contribution in [3.05, 3.63) is 0 Å². The molecule has 0 amide bonds. The summed E-state index contributed by atoms with van der Waals surface area (Å²) in [6.07, 6.45) is 21.1. The second-order valence-corrected chi connectivity index (χ2v) is 10.3. The topological polar surface area (TPSA) is 77.4 Å². The van der Waals surface area contributed by atoms with Gasteiger partial charge in [-0.2, -0.15) is 0 Å². The van der Waals surface area contributed by atoms with Crippen molar-refractivity contribution >= 4 is 10.1 Å². The molecule has 0 saturated heterocycles. The van der Waals surface area contributed by atoms with E-state index in [4.69, 9.17) is 0 Å². The van der Waals surface area contributed by atoms with Gasteiger partial charge in [-0.25, -0.2) is 8.42 Å². The molecule has 0 aliphatic rings. The van der Waals surface area contributed by atoms with Crippen LogP contribution in [0.25, 0.3) is 0 Å². The first-order chi connectivity index (χ1) is 13.4. The quantitative estimate of drug-likeness (QED) is 0.162. The van der Waals surface area contributed by atoms with Gasteiger partial charge in [-0.05, 0) is 26.2 Å². The van der Waals surface area contributed by atoms with Crippen molar-refractivity contribution in [1.82, 2.24) is 0 Å². The van der Waals surface area contributed by atoms with Gasteiger partial charge in [0, 0.05) is 5.25 Å². The van der Waals surface area contributed by atoms with E-state index in [-0.39, 0.29) is 57.8 Å². The minimum Gasteiger partial charge on any atom is -0.748 e. The molecule has 0 radical (unpaired) electrons. The number of rotatable bonds is 21. The van der Waals surface area contributed by atoms with Crippen molar-refractivity contribution in [2.45, 2.75) is 147 Å². The summed E-state index contributed by atoms with van der Waals surface area (Å²) in [7, 11) is -4.24. The Bertz CT molecular complexity index is 427. The fourth-order valence-electron chi connectivity index (χ4n) is 3.78. The molecular formula is C23H47KO4S. The van der Waals surface area contributed by atoms with Crippen LogP contribution in [0.3, 0.4) is 0 Å². The smallest absolute Gasteiger partial charge is 0.748 e. The molecule has 4 nitrogen and oxygen atoms in total. The van der Waals surface area contributed by atoms with Gasteiger partial charge < -0.3 is 9.66 Å². The molecule has 2 atom stereocenters. The summed E-state index contributed by atoms with van der Waals surface area (Å²) >= 11 is 0. The summed E-state index contributed by atoms with van der Waals surface area (Å²) in [6, 6.07) is 0. The van der Waals surface area contributed by atoms with Gasteiger partial charge in [-0.1, -0.05) is 110 Å². The van der Waals surface area contributed by atoms with E-state index in [0.717, 1.165) is 19.3 Å². The Morgan fingerprint density at radius 1 is 0.655 bits per heavy atom. The first-order valence-electron chi connectivity index (χ1n) is 12.0. The molecule has 2 unspecified atom stereocenters. The van der Waals surface area contributed by atoms with Crippen LogP contribution in [-0.2, 0) is 10.1 Å². The van der Waals surface area contributed by atoms with Crippen LogP contribution in [0.1, 0.15) is 136 Å². The van der Waals surface area contributed by atoms with Crippen molar-refractivity contribution in [3.8, 4) is 0 Å². The van der Waals surface area contributed by atoms with Crippen molar-refractivity contribution < 1.29 is 69.5 Å². The fourth-order valence-corrected chi connectivity index (χ4v) is 4.66. The van der Waals surface area contributed by atoms with E-state index in [9.17, 15) is 18.1 Å². The molecule has 0 rings (SSSR count). The van der Waals surface area contributed by atoms with Gasteiger partial charge in [-0.3, -0.25) is 0 Å². The average molecular weight is 459 g/mol. The van der Waals surface area contributed by atoms with Crippen molar-refractivity contribution in [3.63, 3.8) is 0 Å². The monoisotopic (exact) mass is 458 g/mol. The Labute approximate surface area is 224 Å². The first-order valence-corrected chi connectivity index (χ1v) is 13.5. The molecule has 0 aromatic heterocycles. The Morgan fingerprint density at radius 3 is 1.31 bits per heavy atom. The second-order valence-electron chi connectivity index (χ2n) is 8.63. The van der Waals surface area contributed by atoms with Gasteiger partial charge in [0.25, 0.3) is 0 Å². The predicted molar refractivity (Wildman–Crippen MR) is 119 cm³/mol. The molecule has 29 heavy (non-hydrogen) atoms. The molecule has 0 aliphatic carbocycles. The van der Waals surface area contributed by atoms with Crippen LogP contribution in [-0.4, -0.2) is 29.4 Å². The van der Waals surface area contributed by atoms with Crippen molar-refractivity contribution in [2.75, 3.05) is 0 Å². The Hall–Kier alpha value is 1.51. The van der Waals surface area contributed by atoms with Gasteiger partial charge in [-0.15, -0.1) is 0 Å². The minimum absolute atomic E-state index is 0. The Balaban J connectivity index is 0. The second kappa shape index (κ2) is 22.7. The normalized spacial score (nSPS) is 13.8. The third kappa shape index (κ3) is 24.0. The van der Waals surface area contributed by atoms with Crippen molar-refractivity contribution in [1.29, 1.82) is 0 Å². The molecule has 6 heteroatoms.